The molecule has 0 aliphatic rings. The minimum atomic E-state index is 0.316. The highest BCUT2D eigenvalue weighted by Crippen LogP contribution is 2.41. The largest absolute Gasteiger partial charge is 0.490 e. The Labute approximate surface area is 133 Å². The van der Waals surface area contributed by atoms with Gasteiger partial charge in [-0.15, -0.1) is 0 Å². The highest BCUT2D eigenvalue weighted by atomic mass is 79.9. The summed E-state index contributed by atoms with van der Waals surface area (Å²) in [7, 11) is 0. The molecule has 1 unspecified atom stereocenters. The van der Waals surface area contributed by atoms with Gasteiger partial charge < -0.3 is 9.47 Å². The van der Waals surface area contributed by atoms with E-state index in [0.717, 1.165) is 22.4 Å². The summed E-state index contributed by atoms with van der Waals surface area (Å²) in [5.41, 5.74) is 1.21. The van der Waals surface area contributed by atoms with Crippen LogP contribution in [0.2, 0.25) is 0 Å². The van der Waals surface area contributed by atoms with Crippen LogP contribution in [-0.2, 0) is 0 Å². The molecular formula is C15H22Br2O2. The Kier molecular flexibility index (Phi) is 7.22. The molecule has 0 aliphatic carbocycles. The van der Waals surface area contributed by atoms with Crippen LogP contribution in [0.15, 0.2) is 16.6 Å². The Bertz CT molecular complexity index is 405. The first-order chi connectivity index (χ1) is 8.99. The Balaban J connectivity index is 3.08. The summed E-state index contributed by atoms with van der Waals surface area (Å²) in [5.74, 6) is 2.25. The van der Waals surface area contributed by atoms with Crippen molar-refractivity contribution in [3.05, 3.63) is 22.2 Å². The SMILES string of the molecule is CCOc1cc(Br)c(C(Br)CC(C)C)cc1OCC. The molecular weight excluding hydrogens is 372 g/mol. The normalized spacial score (nSPS) is 12.6. The quantitative estimate of drug-likeness (QED) is 0.550. The molecule has 1 aromatic carbocycles. The lowest BCUT2D eigenvalue weighted by molar-refractivity contribution is 0.287. The molecule has 0 spiro atoms. The molecule has 4 heteroatoms. The van der Waals surface area contributed by atoms with Crippen molar-refractivity contribution in [3.8, 4) is 11.5 Å². The lowest BCUT2D eigenvalue weighted by atomic mass is 10.0. The van der Waals surface area contributed by atoms with Crippen LogP contribution in [0.1, 0.15) is 44.5 Å². The van der Waals surface area contributed by atoms with Crippen molar-refractivity contribution < 1.29 is 9.47 Å². The smallest absolute Gasteiger partial charge is 0.162 e. The molecule has 0 N–H and O–H groups in total. The number of hydrogen-bond acceptors (Lipinski definition) is 2. The van der Waals surface area contributed by atoms with Crippen LogP contribution in [0.5, 0.6) is 11.5 Å². The van der Waals surface area contributed by atoms with Crippen LogP contribution in [-0.4, -0.2) is 13.2 Å². The molecule has 0 aliphatic heterocycles. The Morgan fingerprint density at radius 1 is 1.05 bits per heavy atom. The van der Waals surface area contributed by atoms with Crippen LogP contribution >= 0.6 is 31.9 Å². The summed E-state index contributed by atoms with van der Waals surface area (Å²) >= 11 is 7.39. The van der Waals surface area contributed by atoms with E-state index in [9.17, 15) is 0 Å². The molecule has 1 rings (SSSR count). The minimum Gasteiger partial charge on any atom is -0.490 e. The maximum absolute atomic E-state index is 5.67. The highest BCUT2D eigenvalue weighted by molar-refractivity contribution is 9.11. The van der Waals surface area contributed by atoms with Gasteiger partial charge in [-0.1, -0.05) is 45.7 Å². The first kappa shape index (κ1) is 16.8. The second-order valence-corrected chi connectivity index (χ2v) is 6.74. The van der Waals surface area contributed by atoms with E-state index < -0.39 is 0 Å². The van der Waals surface area contributed by atoms with Crippen molar-refractivity contribution in [1.82, 2.24) is 0 Å². The highest BCUT2D eigenvalue weighted by Gasteiger charge is 2.17. The third-order valence-electron chi connectivity index (χ3n) is 2.68. The predicted molar refractivity (Wildman–Crippen MR) is 87.6 cm³/mol. The van der Waals surface area contributed by atoms with Crippen molar-refractivity contribution in [2.24, 2.45) is 5.92 Å². The maximum atomic E-state index is 5.67. The first-order valence-electron chi connectivity index (χ1n) is 6.72. The summed E-state index contributed by atoms with van der Waals surface area (Å²) in [4.78, 5) is 0.316. The van der Waals surface area contributed by atoms with Gasteiger partial charge in [-0.3, -0.25) is 0 Å². The molecule has 0 amide bonds. The third kappa shape index (κ3) is 4.99. The van der Waals surface area contributed by atoms with Crippen LogP contribution in [0, 0.1) is 5.92 Å². The van der Waals surface area contributed by atoms with Crippen molar-refractivity contribution in [2.75, 3.05) is 13.2 Å². The predicted octanol–water partition coefficient (Wildman–Crippen LogP) is 5.73. The lowest BCUT2D eigenvalue weighted by Crippen LogP contribution is -2.02. The van der Waals surface area contributed by atoms with E-state index in [-0.39, 0.29) is 0 Å². The summed E-state index contributed by atoms with van der Waals surface area (Å²) < 4.78 is 12.3. The van der Waals surface area contributed by atoms with E-state index in [1.165, 1.54) is 5.56 Å². The lowest BCUT2D eigenvalue weighted by Gasteiger charge is -2.18. The molecule has 0 saturated carbocycles. The fourth-order valence-electron chi connectivity index (χ4n) is 1.87. The molecule has 0 radical (unpaired) electrons. The monoisotopic (exact) mass is 392 g/mol. The second-order valence-electron chi connectivity index (χ2n) is 4.78. The number of ether oxygens (including phenoxy) is 2. The van der Waals surface area contributed by atoms with E-state index in [1.807, 2.05) is 19.9 Å². The molecule has 0 fully saturated rings. The zero-order valence-electron chi connectivity index (χ0n) is 12.0. The van der Waals surface area contributed by atoms with E-state index in [2.05, 4.69) is 51.8 Å². The van der Waals surface area contributed by atoms with Crippen LogP contribution in [0.25, 0.3) is 0 Å². The Morgan fingerprint density at radius 2 is 1.58 bits per heavy atom. The fourth-order valence-corrected chi connectivity index (χ4v) is 3.90. The molecule has 0 heterocycles. The standard InChI is InChI=1S/C15H22Br2O2/c1-5-18-14-8-11(12(16)7-10(3)4)13(17)9-15(14)19-6-2/h8-10,12H,5-7H2,1-4H3. The van der Waals surface area contributed by atoms with Gasteiger partial charge in [0.1, 0.15) is 0 Å². The summed E-state index contributed by atoms with van der Waals surface area (Å²) in [5, 5.41) is 0. The zero-order valence-corrected chi connectivity index (χ0v) is 15.2. The van der Waals surface area contributed by atoms with Crippen molar-refractivity contribution in [2.45, 2.75) is 38.9 Å². The second kappa shape index (κ2) is 8.15. The summed E-state index contributed by atoms with van der Waals surface area (Å²) in [6.07, 6.45) is 1.08. The van der Waals surface area contributed by atoms with Gasteiger partial charge in [0.2, 0.25) is 0 Å². The first-order valence-corrected chi connectivity index (χ1v) is 8.43. The Morgan fingerprint density at radius 3 is 2.05 bits per heavy atom. The van der Waals surface area contributed by atoms with Crippen LogP contribution < -0.4 is 9.47 Å². The van der Waals surface area contributed by atoms with Gasteiger partial charge in [0.25, 0.3) is 0 Å². The molecule has 19 heavy (non-hydrogen) atoms. The maximum Gasteiger partial charge on any atom is 0.162 e. The topological polar surface area (TPSA) is 18.5 Å². The summed E-state index contributed by atoms with van der Waals surface area (Å²) in [6.45, 7) is 9.68. The number of alkyl halides is 1. The van der Waals surface area contributed by atoms with Gasteiger partial charge in [0, 0.05) is 9.30 Å². The van der Waals surface area contributed by atoms with E-state index in [0.29, 0.717) is 24.0 Å². The average Bonchev–Trinajstić information content (AvgIpc) is 2.31. The molecule has 108 valence electrons. The molecule has 1 atom stereocenters. The number of halogens is 2. The third-order valence-corrected chi connectivity index (χ3v) is 4.23. The van der Waals surface area contributed by atoms with Gasteiger partial charge in [-0.25, -0.2) is 0 Å². The summed E-state index contributed by atoms with van der Waals surface area (Å²) in [6, 6.07) is 4.07. The minimum absolute atomic E-state index is 0.316. The van der Waals surface area contributed by atoms with Crippen molar-refractivity contribution >= 4 is 31.9 Å². The van der Waals surface area contributed by atoms with Gasteiger partial charge in [-0.2, -0.15) is 0 Å². The number of benzene rings is 1. The fraction of sp³-hybridized carbons (Fsp3) is 0.600. The zero-order chi connectivity index (χ0) is 14.4. The van der Waals surface area contributed by atoms with Gasteiger partial charge >= 0.3 is 0 Å². The molecule has 0 saturated heterocycles. The van der Waals surface area contributed by atoms with Crippen molar-refractivity contribution in [3.63, 3.8) is 0 Å². The van der Waals surface area contributed by atoms with E-state index in [1.54, 1.807) is 0 Å². The Hall–Kier alpha value is -0.220. The number of hydrogen-bond donors (Lipinski definition) is 0. The van der Waals surface area contributed by atoms with E-state index >= 15 is 0 Å². The van der Waals surface area contributed by atoms with Gasteiger partial charge in [0.15, 0.2) is 11.5 Å². The van der Waals surface area contributed by atoms with E-state index in [4.69, 9.17) is 9.47 Å². The molecule has 0 bridgehead atoms. The van der Waals surface area contributed by atoms with Gasteiger partial charge in [-0.05, 0) is 43.9 Å². The van der Waals surface area contributed by atoms with Gasteiger partial charge in [0.05, 0.1) is 13.2 Å². The molecule has 2 nitrogen and oxygen atoms in total. The average molecular weight is 394 g/mol. The van der Waals surface area contributed by atoms with Crippen LogP contribution in [0.3, 0.4) is 0 Å². The molecule has 1 aromatic rings. The van der Waals surface area contributed by atoms with Crippen LogP contribution in [0.4, 0.5) is 0 Å². The molecule has 0 aromatic heterocycles. The van der Waals surface area contributed by atoms with Crippen molar-refractivity contribution in [1.29, 1.82) is 0 Å². The number of rotatable bonds is 7.